The van der Waals surface area contributed by atoms with Crippen LogP contribution in [0.2, 0.25) is 0 Å². The summed E-state index contributed by atoms with van der Waals surface area (Å²) in [5.41, 5.74) is 1.35. The largest absolute Gasteiger partial charge is 0.496 e. The van der Waals surface area contributed by atoms with Gasteiger partial charge in [-0.1, -0.05) is 6.92 Å². The van der Waals surface area contributed by atoms with Crippen LogP contribution in [0.3, 0.4) is 0 Å². The summed E-state index contributed by atoms with van der Waals surface area (Å²) in [4.78, 5) is 22.4. The number of benzene rings is 1. The van der Waals surface area contributed by atoms with E-state index in [2.05, 4.69) is 5.32 Å². The lowest BCUT2D eigenvalue weighted by Gasteiger charge is -2.10. The highest BCUT2D eigenvalue weighted by Crippen LogP contribution is 2.18. The van der Waals surface area contributed by atoms with E-state index in [1.54, 1.807) is 32.2 Å². The fourth-order valence-electron chi connectivity index (χ4n) is 1.45. The van der Waals surface area contributed by atoms with Crippen molar-refractivity contribution >= 4 is 11.9 Å². The predicted molar refractivity (Wildman–Crippen MR) is 66.9 cm³/mol. The number of carboxylic acids is 1. The van der Waals surface area contributed by atoms with E-state index in [0.717, 1.165) is 5.56 Å². The van der Waals surface area contributed by atoms with Crippen molar-refractivity contribution in [1.82, 2.24) is 5.32 Å². The molecule has 5 heteroatoms. The van der Waals surface area contributed by atoms with Crippen LogP contribution in [0, 0.1) is 12.8 Å². The van der Waals surface area contributed by atoms with Crippen LogP contribution in [0.15, 0.2) is 18.2 Å². The maximum Gasteiger partial charge on any atom is 0.308 e. The zero-order valence-corrected chi connectivity index (χ0v) is 10.7. The molecule has 0 aliphatic rings. The first-order valence-corrected chi connectivity index (χ1v) is 5.61. The van der Waals surface area contributed by atoms with E-state index in [1.807, 2.05) is 6.92 Å². The number of hydrogen-bond acceptors (Lipinski definition) is 3. The highest BCUT2D eigenvalue weighted by atomic mass is 16.5. The van der Waals surface area contributed by atoms with Gasteiger partial charge in [-0.2, -0.15) is 0 Å². The molecule has 0 heterocycles. The van der Waals surface area contributed by atoms with E-state index in [9.17, 15) is 9.59 Å². The molecule has 5 nitrogen and oxygen atoms in total. The Hall–Kier alpha value is -2.04. The molecule has 1 amide bonds. The summed E-state index contributed by atoms with van der Waals surface area (Å²) >= 11 is 0. The molecule has 0 aliphatic carbocycles. The molecule has 0 fully saturated rings. The maximum absolute atomic E-state index is 11.8. The second kappa shape index (κ2) is 6.05. The zero-order valence-electron chi connectivity index (χ0n) is 10.7. The van der Waals surface area contributed by atoms with Crippen LogP contribution in [0.25, 0.3) is 0 Å². The second-order valence-corrected chi connectivity index (χ2v) is 4.13. The van der Waals surface area contributed by atoms with Crippen molar-refractivity contribution in [3.63, 3.8) is 0 Å². The first-order valence-electron chi connectivity index (χ1n) is 5.61. The third-order valence-electron chi connectivity index (χ3n) is 2.65. The molecule has 1 rings (SSSR count). The second-order valence-electron chi connectivity index (χ2n) is 4.13. The SMILES string of the molecule is COc1ccc(C(=O)NCC(C)C(=O)O)cc1C. The summed E-state index contributed by atoms with van der Waals surface area (Å²) in [7, 11) is 1.57. The number of aryl methyl sites for hydroxylation is 1. The fraction of sp³-hybridized carbons (Fsp3) is 0.385. The molecule has 1 aromatic rings. The Kier molecular flexibility index (Phi) is 4.71. The standard InChI is InChI=1S/C13H17NO4/c1-8-6-10(4-5-11(8)18-3)12(15)14-7-9(2)13(16)17/h4-6,9H,7H2,1-3H3,(H,14,15)(H,16,17). The van der Waals surface area contributed by atoms with Crippen LogP contribution in [0.1, 0.15) is 22.8 Å². The minimum Gasteiger partial charge on any atom is -0.496 e. The van der Waals surface area contributed by atoms with Gasteiger partial charge in [0.05, 0.1) is 13.0 Å². The van der Waals surface area contributed by atoms with Gasteiger partial charge in [0.1, 0.15) is 5.75 Å². The quantitative estimate of drug-likeness (QED) is 0.830. The Labute approximate surface area is 106 Å². The van der Waals surface area contributed by atoms with Gasteiger partial charge < -0.3 is 15.2 Å². The van der Waals surface area contributed by atoms with Gasteiger partial charge in [0.25, 0.3) is 5.91 Å². The molecule has 0 saturated heterocycles. The topological polar surface area (TPSA) is 75.6 Å². The van der Waals surface area contributed by atoms with Crippen LogP contribution in [-0.2, 0) is 4.79 Å². The van der Waals surface area contributed by atoms with Crippen LogP contribution < -0.4 is 10.1 Å². The summed E-state index contributed by atoms with van der Waals surface area (Å²) in [5, 5.41) is 11.3. The first kappa shape index (κ1) is 14.0. The molecule has 98 valence electrons. The average molecular weight is 251 g/mol. The highest BCUT2D eigenvalue weighted by molar-refractivity contribution is 5.94. The van der Waals surface area contributed by atoms with E-state index in [0.29, 0.717) is 11.3 Å². The van der Waals surface area contributed by atoms with Gasteiger partial charge in [-0.3, -0.25) is 9.59 Å². The predicted octanol–water partition coefficient (Wildman–Crippen LogP) is 1.45. The number of methoxy groups -OCH3 is 1. The smallest absolute Gasteiger partial charge is 0.308 e. The molecule has 1 aromatic carbocycles. The van der Waals surface area contributed by atoms with E-state index < -0.39 is 11.9 Å². The zero-order chi connectivity index (χ0) is 13.7. The molecule has 18 heavy (non-hydrogen) atoms. The van der Waals surface area contributed by atoms with Crippen molar-refractivity contribution in [2.75, 3.05) is 13.7 Å². The molecule has 0 aromatic heterocycles. The van der Waals surface area contributed by atoms with E-state index in [4.69, 9.17) is 9.84 Å². The Morgan fingerprint density at radius 3 is 2.61 bits per heavy atom. The van der Waals surface area contributed by atoms with Crippen LogP contribution in [-0.4, -0.2) is 30.6 Å². The van der Waals surface area contributed by atoms with Crippen LogP contribution in [0.4, 0.5) is 0 Å². The number of rotatable bonds is 5. The van der Waals surface area contributed by atoms with Gasteiger partial charge in [0, 0.05) is 12.1 Å². The van der Waals surface area contributed by atoms with E-state index >= 15 is 0 Å². The Bertz CT molecular complexity index is 456. The third-order valence-corrected chi connectivity index (χ3v) is 2.65. The van der Waals surface area contributed by atoms with Crippen LogP contribution in [0.5, 0.6) is 5.75 Å². The molecular weight excluding hydrogens is 234 g/mol. The highest BCUT2D eigenvalue weighted by Gasteiger charge is 2.13. The van der Waals surface area contributed by atoms with Gasteiger partial charge in [-0.05, 0) is 30.7 Å². The number of carboxylic acid groups (broad SMARTS) is 1. The first-order chi connectivity index (χ1) is 8.45. The number of carbonyl (C=O) groups is 2. The molecule has 0 spiro atoms. The van der Waals surface area contributed by atoms with Gasteiger partial charge in [-0.15, -0.1) is 0 Å². The molecule has 0 saturated carbocycles. The summed E-state index contributed by atoms with van der Waals surface area (Å²) in [6.45, 7) is 3.50. The summed E-state index contributed by atoms with van der Waals surface area (Å²) < 4.78 is 5.10. The average Bonchev–Trinajstić information content (AvgIpc) is 2.35. The normalized spacial score (nSPS) is 11.7. The number of carbonyl (C=O) groups excluding carboxylic acids is 1. The van der Waals surface area contributed by atoms with Crippen molar-refractivity contribution in [1.29, 1.82) is 0 Å². The van der Waals surface area contributed by atoms with E-state index in [1.165, 1.54) is 0 Å². The van der Waals surface area contributed by atoms with Crippen molar-refractivity contribution in [2.45, 2.75) is 13.8 Å². The molecule has 0 bridgehead atoms. The lowest BCUT2D eigenvalue weighted by molar-refractivity contribution is -0.140. The minimum absolute atomic E-state index is 0.110. The van der Waals surface area contributed by atoms with Crippen molar-refractivity contribution in [3.8, 4) is 5.75 Å². The van der Waals surface area contributed by atoms with Crippen molar-refractivity contribution in [2.24, 2.45) is 5.92 Å². The number of nitrogens with one attached hydrogen (secondary N) is 1. The van der Waals surface area contributed by atoms with E-state index in [-0.39, 0.29) is 12.5 Å². The molecular formula is C13H17NO4. The number of aliphatic carboxylic acids is 1. The number of ether oxygens (including phenoxy) is 1. The fourth-order valence-corrected chi connectivity index (χ4v) is 1.45. The lowest BCUT2D eigenvalue weighted by Crippen LogP contribution is -2.31. The van der Waals surface area contributed by atoms with Gasteiger partial charge in [0.2, 0.25) is 0 Å². The van der Waals surface area contributed by atoms with Crippen molar-refractivity contribution in [3.05, 3.63) is 29.3 Å². The molecule has 1 unspecified atom stereocenters. The Balaban J connectivity index is 2.67. The monoisotopic (exact) mass is 251 g/mol. The van der Waals surface area contributed by atoms with Gasteiger partial charge in [0.15, 0.2) is 0 Å². The number of amides is 1. The maximum atomic E-state index is 11.8. The molecule has 0 radical (unpaired) electrons. The summed E-state index contributed by atoms with van der Waals surface area (Å²) in [5.74, 6) is -1.10. The lowest BCUT2D eigenvalue weighted by atomic mass is 10.1. The number of hydrogen-bond donors (Lipinski definition) is 2. The van der Waals surface area contributed by atoms with Crippen molar-refractivity contribution < 1.29 is 19.4 Å². The summed E-state index contributed by atoms with van der Waals surface area (Å²) in [6.07, 6.45) is 0. The molecule has 0 aliphatic heterocycles. The van der Waals surface area contributed by atoms with Gasteiger partial charge in [-0.25, -0.2) is 0 Å². The minimum atomic E-state index is -0.929. The Morgan fingerprint density at radius 1 is 1.44 bits per heavy atom. The van der Waals surface area contributed by atoms with Gasteiger partial charge >= 0.3 is 5.97 Å². The molecule has 2 N–H and O–H groups in total. The summed E-state index contributed by atoms with van der Waals surface area (Å²) in [6, 6.07) is 5.07. The third kappa shape index (κ3) is 3.48. The molecule has 1 atom stereocenters. The van der Waals surface area contributed by atoms with Crippen LogP contribution >= 0.6 is 0 Å². The Morgan fingerprint density at radius 2 is 2.11 bits per heavy atom.